The Morgan fingerprint density at radius 2 is 2.00 bits per heavy atom. The van der Waals surface area contributed by atoms with Gasteiger partial charge in [-0.05, 0) is 76.0 Å². The van der Waals surface area contributed by atoms with Gasteiger partial charge in [-0.25, -0.2) is 13.8 Å². The summed E-state index contributed by atoms with van der Waals surface area (Å²) in [7, 11) is 5.38. The number of hydrogen-bond acceptors (Lipinski definition) is 5. The van der Waals surface area contributed by atoms with Gasteiger partial charge in [-0.3, -0.25) is 4.79 Å². The van der Waals surface area contributed by atoms with Gasteiger partial charge in [0.1, 0.15) is 5.75 Å². The Kier molecular flexibility index (Phi) is 7.81. The molecule has 1 aromatic carbocycles. The van der Waals surface area contributed by atoms with Crippen LogP contribution in [0, 0.1) is 12.3 Å². The number of aromatic nitrogens is 1. The summed E-state index contributed by atoms with van der Waals surface area (Å²) in [5.74, 6) is -3.18. The highest BCUT2D eigenvalue weighted by Crippen LogP contribution is 2.65. The zero-order chi connectivity index (χ0) is 25.1. The highest BCUT2D eigenvalue weighted by molar-refractivity contribution is 5.77. The quantitative estimate of drug-likeness (QED) is 0.507. The van der Waals surface area contributed by atoms with E-state index in [-0.39, 0.29) is 24.1 Å². The van der Waals surface area contributed by atoms with Gasteiger partial charge >= 0.3 is 0 Å². The van der Waals surface area contributed by atoms with Crippen LogP contribution in [0.2, 0.25) is 0 Å². The first kappa shape index (κ1) is 25.9. The molecule has 1 heterocycles. The van der Waals surface area contributed by atoms with Crippen molar-refractivity contribution in [2.24, 2.45) is 5.41 Å². The summed E-state index contributed by atoms with van der Waals surface area (Å²) in [4.78, 5) is 19.2. The van der Waals surface area contributed by atoms with Gasteiger partial charge in [-0.2, -0.15) is 0 Å². The Morgan fingerprint density at radius 1 is 1.29 bits per heavy atom. The van der Waals surface area contributed by atoms with Crippen molar-refractivity contribution in [2.75, 3.05) is 27.7 Å². The standard InChI is InChI=1S/C26H35F2N3O3/c1-17-12-21(32)8-6-18(17)13-20(31(3)4)16-29-23(33)14-22(26(10-11-26)25(2,27)28)19-7-9-24(34-5)30-15-19/h6-9,12,15,20,22,32H,10-11,13-14,16H2,1-5H3,(H,29,33)/t20-,22?/m0/s1. The maximum atomic E-state index is 14.6. The van der Waals surface area contributed by atoms with E-state index in [2.05, 4.69) is 10.3 Å². The lowest BCUT2D eigenvalue weighted by atomic mass is 9.77. The number of nitrogens with zero attached hydrogens (tertiary/aromatic N) is 2. The minimum atomic E-state index is -2.90. The van der Waals surface area contributed by atoms with E-state index in [0.717, 1.165) is 18.1 Å². The molecule has 0 saturated heterocycles. The van der Waals surface area contributed by atoms with Gasteiger partial charge in [0.25, 0.3) is 5.92 Å². The van der Waals surface area contributed by atoms with E-state index in [1.165, 1.54) is 7.11 Å². The molecule has 1 aromatic heterocycles. The van der Waals surface area contributed by atoms with E-state index in [1.807, 2.05) is 32.0 Å². The molecule has 6 nitrogen and oxygen atoms in total. The van der Waals surface area contributed by atoms with Crippen molar-refractivity contribution in [1.29, 1.82) is 0 Å². The molecule has 34 heavy (non-hydrogen) atoms. The molecule has 1 saturated carbocycles. The van der Waals surface area contributed by atoms with Crippen LogP contribution in [0.25, 0.3) is 0 Å². The number of carbonyl (C=O) groups is 1. The predicted octanol–water partition coefficient (Wildman–Crippen LogP) is 4.30. The maximum Gasteiger partial charge on any atom is 0.251 e. The molecule has 1 amide bonds. The number of benzene rings is 1. The van der Waals surface area contributed by atoms with E-state index >= 15 is 0 Å². The normalized spacial score (nSPS) is 16.7. The zero-order valence-corrected chi connectivity index (χ0v) is 20.6. The number of aryl methyl sites for hydroxylation is 1. The summed E-state index contributed by atoms with van der Waals surface area (Å²) < 4.78 is 34.3. The van der Waals surface area contributed by atoms with Crippen molar-refractivity contribution >= 4 is 5.91 Å². The number of halogens is 2. The lowest BCUT2D eigenvalue weighted by Crippen LogP contribution is -2.43. The number of phenols is 1. The van der Waals surface area contributed by atoms with Crippen LogP contribution in [0.1, 0.15) is 48.8 Å². The molecule has 0 radical (unpaired) electrons. The van der Waals surface area contributed by atoms with Crippen LogP contribution >= 0.6 is 0 Å². The second-order valence-electron chi connectivity index (χ2n) is 9.67. The first-order valence-corrected chi connectivity index (χ1v) is 11.6. The Balaban J connectivity index is 1.72. The van der Waals surface area contributed by atoms with Crippen molar-refractivity contribution in [3.8, 4) is 11.6 Å². The van der Waals surface area contributed by atoms with E-state index in [0.29, 0.717) is 37.3 Å². The highest BCUT2D eigenvalue weighted by atomic mass is 19.3. The summed E-state index contributed by atoms with van der Waals surface area (Å²) in [5, 5.41) is 12.6. The fourth-order valence-electron chi connectivity index (χ4n) is 4.67. The van der Waals surface area contributed by atoms with Crippen molar-refractivity contribution in [2.45, 2.75) is 57.4 Å². The summed E-state index contributed by atoms with van der Waals surface area (Å²) in [6.07, 6.45) is 2.94. The molecule has 3 rings (SSSR count). The molecule has 2 N–H and O–H groups in total. The number of pyridine rings is 1. The number of methoxy groups -OCH3 is 1. The molecular weight excluding hydrogens is 440 g/mol. The molecule has 0 spiro atoms. The van der Waals surface area contributed by atoms with Gasteiger partial charge in [0.2, 0.25) is 11.8 Å². The van der Waals surface area contributed by atoms with Crippen molar-refractivity contribution in [3.05, 3.63) is 53.2 Å². The molecule has 186 valence electrons. The van der Waals surface area contributed by atoms with Gasteiger partial charge < -0.3 is 20.1 Å². The van der Waals surface area contributed by atoms with Gasteiger partial charge in [0, 0.05) is 42.6 Å². The minimum Gasteiger partial charge on any atom is -0.508 e. The SMILES string of the molecule is COc1ccc(C(CC(=O)NC[C@H](Cc2ccc(O)cc2C)N(C)C)C2(C(C)(F)F)CC2)cn1. The fourth-order valence-corrected chi connectivity index (χ4v) is 4.67. The minimum absolute atomic E-state index is 0.01000. The number of ether oxygens (including phenoxy) is 1. The van der Waals surface area contributed by atoms with E-state index in [4.69, 9.17) is 4.74 Å². The third-order valence-electron chi connectivity index (χ3n) is 7.14. The van der Waals surface area contributed by atoms with Gasteiger partial charge in [-0.15, -0.1) is 0 Å². The highest BCUT2D eigenvalue weighted by Gasteiger charge is 2.63. The third-order valence-corrected chi connectivity index (χ3v) is 7.14. The molecule has 1 unspecified atom stereocenters. The molecule has 0 bridgehead atoms. The van der Waals surface area contributed by atoms with Crippen LogP contribution in [0.4, 0.5) is 8.78 Å². The van der Waals surface area contributed by atoms with Crippen LogP contribution in [0.15, 0.2) is 36.5 Å². The van der Waals surface area contributed by atoms with E-state index in [1.54, 1.807) is 30.5 Å². The number of likely N-dealkylation sites (N-methyl/N-ethyl adjacent to an activating group) is 1. The number of alkyl halides is 2. The molecule has 1 aliphatic carbocycles. The van der Waals surface area contributed by atoms with Crippen molar-refractivity contribution in [1.82, 2.24) is 15.2 Å². The second kappa shape index (κ2) is 10.3. The molecule has 2 aromatic rings. The largest absolute Gasteiger partial charge is 0.508 e. The lowest BCUT2D eigenvalue weighted by molar-refractivity contribution is -0.123. The number of aromatic hydroxyl groups is 1. The number of nitrogens with one attached hydrogen (secondary N) is 1. The summed E-state index contributed by atoms with van der Waals surface area (Å²) >= 11 is 0. The smallest absolute Gasteiger partial charge is 0.251 e. The number of hydrogen-bond donors (Lipinski definition) is 2. The van der Waals surface area contributed by atoms with Crippen LogP contribution in [0.3, 0.4) is 0 Å². The Labute approximate surface area is 200 Å². The molecule has 1 fully saturated rings. The van der Waals surface area contributed by atoms with Crippen LogP contribution in [-0.4, -0.2) is 60.6 Å². The van der Waals surface area contributed by atoms with Crippen LogP contribution in [-0.2, 0) is 11.2 Å². The van der Waals surface area contributed by atoms with Crippen LogP contribution < -0.4 is 10.1 Å². The Hall–Kier alpha value is -2.74. The monoisotopic (exact) mass is 475 g/mol. The fraction of sp³-hybridized carbons (Fsp3) is 0.538. The molecule has 2 atom stereocenters. The number of phenolic OH excluding ortho intramolecular Hbond substituents is 1. The lowest BCUT2D eigenvalue weighted by Gasteiger charge is -2.32. The Morgan fingerprint density at radius 3 is 2.50 bits per heavy atom. The first-order valence-electron chi connectivity index (χ1n) is 11.6. The molecule has 8 heteroatoms. The van der Waals surface area contributed by atoms with Gasteiger partial charge in [0.15, 0.2) is 0 Å². The number of carbonyl (C=O) groups excluding carboxylic acids is 1. The Bertz CT molecular complexity index is 986. The zero-order valence-electron chi connectivity index (χ0n) is 20.6. The van der Waals surface area contributed by atoms with Crippen molar-refractivity contribution in [3.63, 3.8) is 0 Å². The number of rotatable bonds is 11. The third kappa shape index (κ3) is 5.84. The molecular formula is C26H35F2N3O3. The summed E-state index contributed by atoms with van der Waals surface area (Å²) in [5.41, 5.74) is 1.45. The summed E-state index contributed by atoms with van der Waals surface area (Å²) in [6, 6.07) is 8.64. The molecule has 0 aliphatic heterocycles. The predicted molar refractivity (Wildman–Crippen MR) is 127 cm³/mol. The summed E-state index contributed by atoms with van der Waals surface area (Å²) in [6.45, 7) is 3.27. The average molecular weight is 476 g/mol. The first-order chi connectivity index (χ1) is 16.0. The molecule has 1 aliphatic rings. The number of amides is 1. The van der Waals surface area contributed by atoms with Crippen LogP contribution in [0.5, 0.6) is 11.6 Å². The van der Waals surface area contributed by atoms with E-state index < -0.39 is 17.3 Å². The topological polar surface area (TPSA) is 74.7 Å². The van der Waals surface area contributed by atoms with Gasteiger partial charge in [-0.1, -0.05) is 12.1 Å². The van der Waals surface area contributed by atoms with E-state index in [9.17, 15) is 18.7 Å². The second-order valence-corrected chi connectivity index (χ2v) is 9.67. The van der Waals surface area contributed by atoms with Crippen molar-refractivity contribution < 1.29 is 23.4 Å². The van der Waals surface area contributed by atoms with Gasteiger partial charge in [0.05, 0.1) is 7.11 Å². The average Bonchev–Trinajstić information content (AvgIpc) is 3.58. The maximum absolute atomic E-state index is 14.6.